The largest absolute Gasteiger partial charge is 0.312 e. The average Bonchev–Trinajstić information content (AvgIpc) is 2.43. The van der Waals surface area contributed by atoms with Crippen molar-refractivity contribution in [2.75, 3.05) is 12.8 Å². The first-order chi connectivity index (χ1) is 9.20. The minimum Gasteiger partial charge on any atom is -0.312 e. The molecule has 0 saturated carbocycles. The van der Waals surface area contributed by atoms with Crippen LogP contribution in [0.1, 0.15) is 11.6 Å². The predicted octanol–water partition coefficient (Wildman–Crippen LogP) is 4.04. The summed E-state index contributed by atoms with van der Waals surface area (Å²) in [5, 5.41) is 3.14. The number of pyridine rings is 1. The second-order valence-electron chi connectivity index (χ2n) is 4.00. The van der Waals surface area contributed by atoms with Crippen molar-refractivity contribution in [3.8, 4) is 0 Å². The van der Waals surface area contributed by atoms with Gasteiger partial charge < -0.3 is 5.32 Å². The van der Waals surface area contributed by atoms with E-state index in [9.17, 15) is 4.39 Å². The molecule has 100 valence electrons. The smallest absolute Gasteiger partial charge is 0.146 e. The zero-order chi connectivity index (χ0) is 13.7. The summed E-state index contributed by atoms with van der Waals surface area (Å²) in [6.45, 7) is 0. The Labute approximate surface area is 125 Å². The van der Waals surface area contributed by atoms with E-state index in [1.54, 1.807) is 24.0 Å². The van der Waals surface area contributed by atoms with Crippen LogP contribution in [-0.2, 0) is 0 Å². The Kier molecular flexibility index (Phi) is 5.36. The van der Waals surface area contributed by atoms with Gasteiger partial charge in [-0.1, -0.05) is 15.9 Å². The van der Waals surface area contributed by atoms with E-state index < -0.39 is 0 Å². The summed E-state index contributed by atoms with van der Waals surface area (Å²) in [5.74, 6) is 0.497. The maximum atomic E-state index is 13.7. The van der Waals surface area contributed by atoms with Crippen LogP contribution in [0.2, 0.25) is 0 Å². The monoisotopic (exact) mass is 340 g/mol. The van der Waals surface area contributed by atoms with Gasteiger partial charge in [-0.15, -0.1) is 11.8 Å². The molecule has 1 aromatic heterocycles. The first kappa shape index (κ1) is 14.5. The van der Waals surface area contributed by atoms with Gasteiger partial charge in [0.15, 0.2) is 0 Å². The van der Waals surface area contributed by atoms with Crippen LogP contribution in [0.3, 0.4) is 0 Å². The van der Waals surface area contributed by atoms with Gasteiger partial charge in [0, 0.05) is 32.9 Å². The number of hydrogen-bond donors (Lipinski definition) is 1. The molecule has 19 heavy (non-hydrogen) atoms. The van der Waals surface area contributed by atoms with Gasteiger partial charge in [-0.2, -0.15) is 0 Å². The number of nitrogens with one attached hydrogen (secondary N) is 1. The van der Waals surface area contributed by atoms with Gasteiger partial charge in [0.05, 0.1) is 6.20 Å². The summed E-state index contributed by atoms with van der Waals surface area (Å²) < 4.78 is 14.7. The van der Waals surface area contributed by atoms with Crippen molar-refractivity contribution >= 4 is 27.7 Å². The fourth-order valence-corrected chi connectivity index (χ4v) is 3.01. The van der Waals surface area contributed by atoms with Crippen LogP contribution < -0.4 is 5.32 Å². The van der Waals surface area contributed by atoms with Crippen molar-refractivity contribution in [1.82, 2.24) is 10.3 Å². The van der Waals surface area contributed by atoms with Crippen molar-refractivity contribution < 1.29 is 4.39 Å². The molecule has 1 aromatic carbocycles. The number of benzene rings is 1. The van der Waals surface area contributed by atoms with E-state index in [-0.39, 0.29) is 11.9 Å². The number of nitrogens with zero attached hydrogens (tertiary/aromatic N) is 1. The maximum absolute atomic E-state index is 13.7. The molecule has 0 fully saturated rings. The molecule has 0 aliphatic heterocycles. The lowest BCUT2D eigenvalue weighted by Gasteiger charge is -2.16. The van der Waals surface area contributed by atoms with Crippen molar-refractivity contribution in [2.45, 2.75) is 10.9 Å². The SMILES string of the molecule is CNC(CSc1ccc(Br)cc1)c1ccncc1F. The highest BCUT2D eigenvalue weighted by atomic mass is 79.9. The molecule has 2 rings (SSSR count). The van der Waals surface area contributed by atoms with Crippen LogP contribution in [0.5, 0.6) is 0 Å². The molecule has 5 heteroatoms. The van der Waals surface area contributed by atoms with E-state index in [2.05, 4.69) is 26.2 Å². The Bertz CT molecular complexity index is 533. The molecule has 1 atom stereocenters. The lowest BCUT2D eigenvalue weighted by atomic mass is 10.1. The Morgan fingerprint density at radius 2 is 2.05 bits per heavy atom. The van der Waals surface area contributed by atoms with E-state index in [0.717, 1.165) is 15.1 Å². The van der Waals surface area contributed by atoms with Gasteiger partial charge in [0.2, 0.25) is 0 Å². The van der Waals surface area contributed by atoms with Crippen LogP contribution in [0, 0.1) is 5.82 Å². The highest BCUT2D eigenvalue weighted by Crippen LogP contribution is 2.26. The third kappa shape index (κ3) is 4.03. The minimum atomic E-state index is -0.266. The van der Waals surface area contributed by atoms with E-state index in [1.807, 2.05) is 31.3 Å². The third-order valence-corrected chi connectivity index (χ3v) is 4.39. The van der Waals surface area contributed by atoms with Gasteiger partial charge in [-0.25, -0.2) is 4.39 Å². The first-order valence-corrected chi connectivity index (χ1v) is 7.63. The highest BCUT2D eigenvalue weighted by molar-refractivity contribution is 9.10. The highest BCUT2D eigenvalue weighted by Gasteiger charge is 2.14. The molecule has 1 N–H and O–H groups in total. The molecule has 0 saturated heterocycles. The Morgan fingerprint density at radius 1 is 1.32 bits per heavy atom. The van der Waals surface area contributed by atoms with Gasteiger partial charge in [0.1, 0.15) is 5.82 Å². The number of thioether (sulfide) groups is 1. The van der Waals surface area contributed by atoms with E-state index in [4.69, 9.17) is 0 Å². The fraction of sp³-hybridized carbons (Fsp3) is 0.214. The molecule has 1 unspecified atom stereocenters. The fourth-order valence-electron chi connectivity index (χ4n) is 1.71. The maximum Gasteiger partial charge on any atom is 0.146 e. The molecule has 0 bridgehead atoms. The summed E-state index contributed by atoms with van der Waals surface area (Å²) in [6, 6.07) is 9.79. The number of aromatic nitrogens is 1. The lowest BCUT2D eigenvalue weighted by Crippen LogP contribution is -2.20. The first-order valence-electron chi connectivity index (χ1n) is 5.85. The topological polar surface area (TPSA) is 24.9 Å². The van der Waals surface area contributed by atoms with Crippen LogP contribution >= 0.6 is 27.7 Å². The quantitative estimate of drug-likeness (QED) is 0.831. The zero-order valence-corrected chi connectivity index (χ0v) is 12.8. The van der Waals surface area contributed by atoms with Gasteiger partial charge in [-0.3, -0.25) is 4.98 Å². The predicted molar refractivity (Wildman–Crippen MR) is 80.9 cm³/mol. The molecule has 2 aromatic rings. The normalized spacial score (nSPS) is 12.4. The van der Waals surface area contributed by atoms with Crippen LogP contribution in [0.25, 0.3) is 0 Å². The lowest BCUT2D eigenvalue weighted by molar-refractivity contribution is 0.560. The minimum absolute atomic E-state index is 0.0309. The molecule has 0 aliphatic rings. The zero-order valence-electron chi connectivity index (χ0n) is 10.4. The van der Waals surface area contributed by atoms with Crippen LogP contribution in [0.15, 0.2) is 52.1 Å². The second kappa shape index (κ2) is 7.03. The van der Waals surface area contributed by atoms with Gasteiger partial charge >= 0.3 is 0 Å². The molecule has 0 radical (unpaired) electrons. The van der Waals surface area contributed by atoms with Gasteiger partial charge in [0.25, 0.3) is 0 Å². The second-order valence-corrected chi connectivity index (χ2v) is 6.01. The molecular weight excluding hydrogens is 327 g/mol. The van der Waals surface area contributed by atoms with Crippen LogP contribution in [-0.4, -0.2) is 17.8 Å². The third-order valence-electron chi connectivity index (χ3n) is 2.76. The van der Waals surface area contributed by atoms with Gasteiger partial charge in [-0.05, 0) is 37.4 Å². The van der Waals surface area contributed by atoms with E-state index >= 15 is 0 Å². The number of hydrogen-bond acceptors (Lipinski definition) is 3. The summed E-state index contributed by atoms with van der Waals surface area (Å²) >= 11 is 5.10. The molecule has 1 heterocycles. The molecule has 2 nitrogen and oxygen atoms in total. The summed E-state index contributed by atoms with van der Waals surface area (Å²) in [6.07, 6.45) is 2.87. The van der Waals surface area contributed by atoms with E-state index in [1.165, 1.54) is 6.20 Å². The Hall–Kier alpha value is -0.910. The molecule has 0 aliphatic carbocycles. The molecule has 0 spiro atoms. The molecular formula is C14H14BrFN2S. The number of halogens is 2. The Balaban J connectivity index is 2.04. The standard InChI is InChI=1S/C14H14BrFN2S/c1-17-14(12-6-7-18-8-13(12)16)9-19-11-4-2-10(15)3-5-11/h2-8,14,17H,9H2,1H3. The van der Waals surface area contributed by atoms with E-state index in [0.29, 0.717) is 5.56 Å². The van der Waals surface area contributed by atoms with Crippen LogP contribution in [0.4, 0.5) is 4.39 Å². The summed E-state index contributed by atoms with van der Waals surface area (Å²) in [7, 11) is 1.84. The van der Waals surface area contributed by atoms with Crippen molar-refractivity contribution in [2.24, 2.45) is 0 Å². The molecule has 0 amide bonds. The summed E-state index contributed by atoms with van der Waals surface area (Å²) in [4.78, 5) is 4.94. The van der Waals surface area contributed by atoms with Crippen molar-refractivity contribution in [3.05, 3.63) is 58.6 Å². The number of rotatable bonds is 5. The van der Waals surface area contributed by atoms with Crippen molar-refractivity contribution in [1.29, 1.82) is 0 Å². The average molecular weight is 341 g/mol. The van der Waals surface area contributed by atoms with Crippen molar-refractivity contribution in [3.63, 3.8) is 0 Å². The Morgan fingerprint density at radius 3 is 2.68 bits per heavy atom. The summed E-state index contributed by atoms with van der Waals surface area (Å²) in [5.41, 5.74) is 0.655.